The molecular weight excluding hydrogens is 247 g/mol. The van der Waals surface area contributed by atoms with E-state index in [1.54, 1.807) is 18.2 Å². The number of ether oxygens (including phenoxy) is 1. The molecule has 0 aliphatic heterocycles. The van der Waals surface area contributed by atoms with Crippen LogP contribution in [0.15, 0.2) is 54.6 Å². The van der Waals surface area contributed by atoms with E-state index in [2.05, 4.69) is 12.6 Å². The number of hydrogen-bond acceptors (Lipinski definition) is 2. The molecule has 0 N–H and O–H groups in total. The van der Waals surface area contributed by atoms with Crippen LogP contribution in [-0.4, -0.2) is 12.4 Å². The number of hydrogen-bond donors (Lipinski definition) is 1. The normalized spacial score (nSPS) is 12.1. The van der Waals surface area contributed by atoms with Crippen molar-refractivity contribution >= 4 is 12.6 Å². The first-order valence-electron chi connectivity index (χ1n) is 5.84. The molecule has 1 atom stereocenters. The standard InChI is InChI=1S/C15H15FOS/c16-14-8-4-5-9-15(14)17-10-13(11-18)12-6-2-1-3-7-12/h1-9,13,18H,10-11H2. The summed E-state index contributed by atoms with van der Waals surface area (Å²) in [5.74, 6) is 0.788. The van der Waals surface area contributed by atoms with Crippen LogP contribution in [0.25, 0.3) is 0 Å². The van der Waals surface area contributed by atoms with Gasteiger partial charge in [-0.15, -0.1) is 0 Å². The molecule has 0 saturated heterocycles. The van der Waals surface area contributed by atoms with E-state index in [1.165, 1.54) is 6.07 Å². The van der Waals surface area contributed by atoms with Gasteiger partial charge in [-0.2, -0.15) is 12.6 Å². The number of para-hydroxylation sites is 1. The summed E-state index contributed by atoms with van der Waals surface area (Å²) in [5.41, 5.74) is 1.16. The molecule has 3 heteroatoms. The van der Waals surface area contributed by atoms with E-state index in [0.717, 1.165) is 5.56 Å². The molecule has 94 valence electrons. The number of halogens is 1. The Morgan fingerprint density at radius 2 is 1.67 bits per heavy atom. The fraction of sp³-hybridized carbons (Fsp3) is 0.200. The quantitative estimate of drug-likeness (QED) is 0.804. The van der Waals surface area contributed by atoms with Crippen LogP contribution in [-0.2, 0) is 0 Å². The van der Waals surface area contributed by atoms with Gasteiger partial charge in [-0.25, -0.2) is 4.39 Å². The van der Waals surface area contributed by atoms with Crippen LogP contribution in [0.3, 0.4) is 0 Å². The summed E-state index contributed by atoms with van der Waals surface area (Å²) in [5, 5.41) is 0. The van der Waals surface area contributed by atoms with E-state index in [0.29, 0.717) is 18.1 Å². The Hall–Kier alpha value is -1.48. The predicted molar refractivity (Wildman–Crippen MR) is 74.9 cm³/mol. The van der Waals surface area contributed by atoms with Crippen LogP contribution in [0.4, 0.5) is 4.39 Å². The van der Waals surface area contributed by atoms with Gasteiger partial charge >= 0.3 is 0 Å². The lowest BCUT2D eigenvalue weighted by atomic mass is 10.0. The molecule has 2 rings (SSSR count). The molecule has 0 aliphatic rings. The maximum atomic E-state index is 13.4. The zero-order chi connectivity index (χ0) is 12.8. The zero-order valence-electron chi connectivity index (χ0n) is 9.92. The second-order valence-electron chi connectivity index (χ2n) is 4.03. The van der Waals surface area contributed by atoms with Gasteiger partial charge in [0.1, 0.15) is 0 Å². The molecule has 0 bridgehead atoms. The van der Waals surface area contributed by atoms with Crippen molar-refractivity contribution in [2.24, 2.45) is 0 Å². The molecule has 0 aliphatic carbocycles. The summed E-state index contributed by atoms with van der Waals surface area (Å²) in [6.45, 7) is 0.425. The van der Waals surface area contributed by atoms with E-state index < -0.39 is 0 Å². The summed E-state index contributed by atoms with van der Waals surface area (Å²) in [7, 11) is 0. The van der Waals surface area contributed by atoms with Crippen molar-refractivity contribution in [3.63, 3.8) is 0 Å². The van der Waals surface area contributed by atoms with Gasteiger partial charge in [-0.3, -0.25) is 0 Å². The fourth-order valence-corrected chi connectivity index (χ4v) is 2.05. The smallest absolute Gasteiger partial charge is 0.165 e. The Morgan fingerprint density at radius 1 is 1.00 bits per heavy atom. The molecular formula is C15H15FOS. The van der Waals surface area contributed by atoms with Gasteiger partial charge in [0.15, 0.2) is 11.6 Å². The summed E-state index contributed by atoms with van der Waals surface area (Å²) >= 11 is 4.33. The minimum atomic E-state index is -0.330. The SMILES string of the molecule is Fc1ccccc1OCC(CS)c1ccccc1. The first-order chi connectivity index (χ1) is 8.81. The molecule has 1 nitrogen and oxygen atoms in total. The first-order valence-corrected chi connectivity index (χ1v) is 6.47. The third-order valence-electron chi connectivity index (χ3n) is 2.77. The van der Waals surface area contributed by atoms with Crippen molar-refractivity contribution in [1.82, 2.24) is 0 Å². The second kappa shape index (κ2) is 6.45. The Bertz CT molecular complexity index is 487. The highest BCUT2D eigenvalue weighted by Crippen LogP contribution is 2.21. The molecule has 2 aromatic rings. The van der Waals surface area contributed by atoms with Gasteiger partial charge in [0, 0.05) is 11.7 Å². The summed E-state index contributed by atoms with van der Waals surface area (Å²) in [6.07, 6.45) is 0. The Labute approximate surface area is 112 Å². The minimum absolute atomic E-state index is 0.161. The third-order valence-corrected chi connectivity index (χ3v) is 3.21. The van der Waals surface area contributed by atoms with Gasteiger partial charge in [0.05, 0.1) is 6.61 Å². The molecule has 0 aromatic heterocycles. The lowest BCUT2D eigenvalue weighted by Gasteiger charge is -2.16. The topological polar surface area (TPSA) is 9.23 Å². The van der Waals surface area contributed by atoms with Crippen LogP contribution in [0.2, 0.25) is 0 Å². The van der Waals surface area contributed by atoms with E-state index in [9.17, 15) is 4.39 Å². The summed E-state index contributed by atoms with van der Waals surface area (Å²) in [4.78, 5) is 0. The fourth-order valence-electron chi connectivity index (χ4n) is 1.73. The van der Waals surface area contributed by atoms with Crippen molar-refractivity contribution in [3.05, 3.63) is 66.0 Å². The largest absolute Gasteiger partial charge is 0.490 e. The van der Waals surface area contributed by atoms with Crippen LogP contribution in [0, 0.1) is 5.82 Å². The molecule has 0 amide bonds. The van der Waals surface area contributed by atoms with Gasteiger partial charge < -0.3 is 4.74 Å². The molecule has 1 unspecified atom stereocenters. The lowest BCUT2D eigenvalue weighted by Crippen LogP contribution is -2.12. The van der Waals surface area contributed by atoms with Crippen molar-refractivity contribution < 1.29 is 9.13 Å². The molecule has 0 radical (unpaired) electrons. The second-order valence-corrected chi connectivity index (χ2v) is 4.40. The van der Waals surface area contributed by atoms with E-state index >= 15 is 0 Å². The minimum Gasteiger partial charge on any atom is -0.490 e. The van der Waals surface area contributed by atoms with Crippen molar-refractivity contribution in [2.75, 3.05) is 12.4 Å². The predicted octanol–water partition coefficient (Wildman–Crippen LogP) is 3.92. The monoisotopic (exact) mass is 262 g/mol. The van der Waals surface area contributed by atoms with Gasteiger partial charge in [0.25, 0.3) is 0 Å². The maximum Gasteiger partial charge on any atom is 0.165 e. The van der Waals surface area contributed by atoms with Gasteiger partial charge in [-0.05, 0) is 17.7 Å². The van der Waals surface area contributed by atoms with Crippen molar-refractivity contribution in [3.8, 4) is 5.75 Å². The highest BCUT2D eigenvalue weighted by atomic mass is 32.1. The third kappa shape index (κ3) is 3.26. The van der Waals surface area contributed by atoms with Crippen LogP contribution in [0.5, 0.6) is 5.75 Å². The molecule has 0 saturated carbocycles. The average molecular weight is 262 g/mol. The Morgan fingerprint density at radius 3 is 2.33 bits per heavy atom. The number of thiol groups is 1. The first kappa shape index (κ1) is 13.0. The van der Waals surface area contributed by atoms with Crippen LogP contribution in [0.1, 0.15) is 11.5 Å². The highest BCUT2D eigenvalue weighted by molar-refractivity contribution is 7.80. The average Bonchev–Trinajstić information content (AvgIpc) is 2.42. The Kier molecular flexibility index (Phi) is 4.65. The lowest BCUT2D eigenvalue weighted by molar-refractivity contribution is 0.283. The van der Waals surface area contributed by atoms with Crippen molar-refractivity contribution in [2.45, 2.75) is 5.92 Å². The highest BCUT2D eigenvalue weighted by Gasteiger charge is 2.11. The number of rotatable bonds is 5. The molecule has 0 heterocycles. The van der Waals surface area contributed by atoms with Crippen molar-refractivity contribution in [1.29, 1.82) is 0 Å². The Balaban J connectivity index is 2.02. The summed E-state index contributed by atoms with van der Waals surface area (Å²) in [6, 6.07) is 16.4. The van der Waals surface area contributed by atoms with E-state index in [-0.39, 0.29) is 11.7 Å². The molecule has 2 aromatic carbocycles. The van der Waals surface area contributed by atoms with Gasteiger partial charge in [0.2, 0.25) is 0 Å². The molecule has 0 spiro atoms. The number of benzene rings is 2. The van der Waals surface area contributed by atoms with Gasteiger partial charge in [-0.1, -0.05) is 42.5 Å². The molecule has 18 heavy (non-hydrogen) atoms. The van der Waals surface area contributed by atoms with E-state index in [4.69, 9.17) is 4.74 Å². The zero-order valence-corrected chi connectivity index (χ0v) is 10.8. The van der Waals surface area contributed by atoms with E-state index in [1.807, 2.05) is 30.3 Å². The molecule has 0 fully saturated rings. The summed E-state index contributed by atoms with van der Waals surface area (Å²) < 4.78 is 18.9. The van der Waals surface area contributed by atoms with Crippen LogP contribution < -0.4 is 4.74 Å². The van der Waals surface area contributed by atoms with Crippen LogP contribution >= 0.6 is 12.6 Å². The maximum absolute atomic E-state index is 13.4.